The van der Waals surface area contributed by atoms with Crippen LogP contribution in [0.25, 0.3) is 0 Å². The van der Waals surface area contributed by atoms with Gasteiger partial charge in [0.2, 0.25) is 10.0 Å². The zero-order valence-electron chi connectivity index (χ0n) is 10.0. The number of rotatable bonds is 6. The maximum atomic E-state index is 12.2. The number of hydrogen-bond donors (Lipinski definition) is 1. The summed E-state index contributed by atoms with van der Waals surface area (Å²) in [4.78, 5) is 20.1. The van der Waals surface area contributed by atoms with Gasteiger partial charge < -0.3 is 5.11 Å². The smallest absolute Gasteiger partial charge is 0.318 e. The Kier molecular flexibility index (Phi) is 4.57. The van der Waals surface area contributed by atoms with E-state index in [0.29, 0.717) is 4.31 Å². The minimum Gasteiger partial charge on any atom is -0.480 e. The molecule has 0 aliphatic carbocycles. The van der Waals surface area contributed by atoms with E-state index in [1.54, 1.807) is 0 Å². The van der Waals surface area contributed by atoms with Crippen molar-refractivity contribution in [2.75, 3.05) is 13.1 Å². The average Bonchev–Trinajstić information content (AvgIpc) is 2.35. The van der Waals surface area contributed by atoms with Gasteiger partial charge in [-0.2, -0.15) is 4.31 Å². The van der Waals surface area contributed by atoms with Crippen LogP contribution in [0, 0.1) is 10.1 Å². The Hall–Kier alpha value is -2.00. The van der Waals surface area contributed by atoms with Gasteiger partial charge in [0.15, 0.2) is 4.90 Å². The summed E-state index contributed by atoms with van der Waals surface area (Å²) in [6, 6.07) is 4.82. The summed E-state index contributed by atoms with van der Waals surface area (Å²) in [6.45, 7) is 0.612. The lowest BCUT2D eigenvalue weighted by Crippen LogP contribution is -2.35. The molecule has 0 heterocycles. The molecule has 1 N–H and O–H groups in total. The highest BCUT2D eigenvalue weighted by Crippen LogP contribution is 2.25. The lowest BCUT2D eigenvalue weighted by molar-refractivity contribution is -0.387. The van der Waals surface area contributed by atoms with Crippen LogP contribution in [0.4, 0.5) is 5.69 Å². The number of carboxylic acids is 1. The van der Waals surface area contributed by atoms with E-state index in [0.717, 1.165) is 12.1 Å². The number of aliphatic carboxylic acids is 1. The van der Waals surface area contributed by atoms with E-state index in [2.05, 4.69) is 0 Å². The van der Waals surface area contributed by atoms with Crippen LogP contribution in [0.15, 0.2) is 29.2 Å². The molecule has 9 heteroatoms. The van der Waals surface area contributed by atoms with E-state index in [1.165, 1.54) is 19.1 Å². The highest BCUT2D eigenvalue weighted by atomic mass is 32.2. The van der Waals surface area contributed by atoms with Crippen molar-refractivity contribution < 1.29 is 23.2 Å². The molecule has 0 amide bonds. The molecule has 0 saturated heterocycles. The minimum atomic E-state index is -4.21. The first-order chi connectivity index (χ1) is 8.80. The van der Waals surface area contributed by atoms with Gasteiger partial charge in [-0.25, -0.2) is 8.42 Å². The van der Waals surface area contributed by atoms with Gasteiger partial charge in [0, 0.05) is 12.6 Å². The molecule has 1 aromatic rings. The molecule has 8 nitrogen and oxygen atoms in total. The predicted molar refractivity (Wildman–Crippen MR) is 65.2 cm³/mol. The van der Waals surface area contributed by atoms with E-state index in [1.807, 2.05) is 0 Å². The Morgan fingerprint density at radius 2 is 2.00 bits per heavy atom. The van der Waals surface area contributed by atoms with Crippen LogP contribution in [0.1, 0.15) is 6.92 Å². The van der Waals surface area contributed by atoms with Gasteiger partial charge in [0.25, 0.3) is 5.69 Å². The van der Waals surface area contributed by atoms with Crippen molar-refractivity contribution in [1.29, 1.82) is 0 Å². The second-order valence-corrected chi connectivity index (χ2v) is 5.46. The van der Waals surface area contributed by atoms with Gasteiger partial charge >= 0.3 is 5.97 Å². The van der Waals surface area contributed by atoms with E-state index in [-0.39, 0.29) is 6.54 Å². The summed E-state index contributed by atoms with van der Waals surface area (Å²) in [5.74, 6) is -1.33. The number of para-hydroxylation sites is 1. The van der Waals surface area contributed by atoms with Crippen molar-refractivity contribution in [3.63, 3.8) is 0 Å². The number of nitro benzene ring substituents is 1. The first-order valence-corrected chi connectivity index (χ1v) is 6.70. The lowest BCUT2D eigenvalue weighted by atomic mass is 10.3. The number of nitro groups is 1. The molecule has 104 valence electrons. The molecular weight excluding hydrogens is 276 g/mol. The fourth-order valence-electron chi connectivity index (χ4n) is 1.48. The monoisotopic (exact) mass is 288 g/mol. The van der Waals surface area contributed by atoms with Gasteiger partial charge in [-0.15, -0.1) is 0 Å². The number of nitrogens with zero attached hydrogens (tertiary/aromatic N) is 2. The zero-order chi connectivity index (χ0) is 14.6. The Morgan fingerprint density at radius 3 is 2.47 bits per heavy atom. The molecule has 0 aromatic heterocycles. The van der Waals surface area contributed by atoms with E-state index < -0.39 is 38.0 Å². The van der Waals surface area contributed by atoms with Crippen LogP contribution in [-0.2, 0) is 14.8 Å². The van der Waals surface area contributed by atoms with Gasteiger partial charge in [0.1, 0.15) is 6.54 Å². The van der Waals surface area contributed by atoms with Crippen molar-refractivity contribution in [2.24, 2.45) is 0 Å². The first-order valence-electron chi connectivity index (χ1n) is 5.26. The molecule has 0 atom stereocenters. The Balaban J connectivity index is 3.34. The van der Waals surface area contributed by atoms with Crippen LogP contribution in [0.3, 0.4) is 0 Å². The summed E-state index contributed by atoms with van der Waals surface area (Å²) in [5.41, 5.74) is -0.577. The molecule has 0 saturated carbocycles. The number of hydrogen-bond acceptors (Lipinski definition) is 5. The summed E-state index contributed by atoms with van der Waals surface area (Å²) in [7, 11) is -4.21. The third-order valence-corrected chi connectivity index (χ3v) is 4.31. The fraction of sp³-hybridized carbons (Fsp3) is 0.300. The Morgan fingerprint density at radius 1 is 1.42 bits per heavy atom. The van der Waals surface area contributed by atoms with Gasteiger partial charge in [-0.3, -0.25) is 14.9 Å². The Bertz CT molecular complexity index is 598. The maximum absolute atomic E-state index is 12.2. The topological polar surface area (TPSA) is 118 Å². The number of sulfonamides is 1. The molecule has 0 unspecified atom stereocenters. The third kappa shape index (κ3) is 3.26. The minimum absolute atomic E-state index is 0.0965. The molecular formula is C10H12N2O6S. The summed E-state index contributed by atoms with van der Waals surface area (Å²) >= 11 is 0. The highest BCUT2D eigenvalue weighted by molar-refractivity contribution is 7.89. The largest absolute Gasteiger partial charge is 0.480 e. The zero-order valence-corrected chi connectivity index (χ0v) is 10.8. The van der Waals surface area contributed by atoms with Crippen molar-refractivity contribution in [2.45, 2.75) is 11.8 Å². The third-order valence-electron chi connectivity index (χ3n) is 2.34. The number of benzene rings is 1. The normalized spacial score (nSPS) is 11.5. The maximum Gasteiger partial charge on any atom is 0.318 e. The number of carbonyl (C=O) groups is 1. The Labute approximate surface area is 109 Å². The van der Waals surface area contributed by atoms with E-state index in [4.69, 9.17) is 5.11 Å². The van der Waals surface area contributed by atoms with Crippen molar-refractivity contribution in [3.8, 4) is 0 Å². The summed E-state index contributed by atoms with van der Waals surface area (Å²) < 4.78 is 25.0. The van der Waals surface area contributed by atoms with Crippen molar-refractivity contribution in [1.82, 2.24) is 4.31 Å². The van der Waals surface area contributed by atoms with E-state index in [9.17, 15) is 23.3 Å². The molecule has 0 fully saturated rings. The van der Waals surface area contributed by atoms with Gasteiger partial charge in [0.05, 0.1) is 4.92 Å². The molecule has 1 rings (SSSR count). The molecule has 19 heavy (non-hydrogen) atoms. The SMILES string of the molecule is CCN(CC(=O)O)S(=O)(=O)c1ccccc1[N+](=O)[O-]. The standard InChI is InChI=1S/C10H12N2O6S/c1-2-11(7-10(13)14)19(17,18)9-6-4-3-5-8(9)12(15)16/h3-6H,2,7H2,1H3,(H,13,14). The highest BCUT2D eigenvalue weighted by Gasteiger charge is 2.31. The molecule has 1 aromatic carbocycles. The van der Waals surface area contributed by atoms with Gasteiger partial charge in [-0.05, 0) is 6.07 Å². The van der Waals surface area contributed by atoms with Crippen molar-refractivity contribution >= 4 is 21.7 Å². The van der Waals surface area contributed by atoms with E-state index >= 15 is 0 Å². The second-order valence-electron chi connectivity index (χ2n) is 3.55. The second kappa shape index (κ2) is 5.76. The molecule has 0 radical (unpaired) electrons. The van der Waals surface area contributed by atoms with Crippen molar-refractivity contribution in [3.05, 3.63) is 34.4 Å². The average molecular weight is 288 g/mol. The van der Waals surface area contributed by atoms with Crippen LogP contribution in [0.5, 0.6) is 0 Å². The van der Waals surface area contributed by atoms with Crippen LogP contribution < -0.4 is 0 Å². The molecule has 0 aliphatic rings. The molecule has 0 aliphatic heterocycles. The fourth-order valence-corrected chi connectivity index (χ4v) is 3.04. The number of likely N-dealkylation sites (N-methyl/N-ethyl adjacent to an activating group) is 1. The van der Waals surface area contributed by atoms with Crippen LogP contribution in [-0.4, -0.2) is 41.8 Å². The van der Waals surface area contributed by atoms with Crippen LogP contribution >= 0.6 is 0 Å². The predicted octanol–water partition coefficient (Wildman–Crippen LogP) is 0.690. The molecule has 0 bridgehead atoms. The molecule has 0 spiro atoms. The van der Waals surface area contributed by atoms with Gasteiger partial charge in [-0.1, -0.05) is 19.1 Å². The quantitative estimate of drug-likeness (QED) is 0.607. The summed E-state index contributed by atoms with van der Waals surface area (Å²) in [6.07, 6.45) is 0. The first kappa shape index (κ1) is 15.1. The summed E-state index contributed by atoms with van der Waals surface area (Å²) in [5, 5.41) is 19.5. The number of carboxylic acid groups (broad SMARTS) is 1. The lowest BCUT2D eigenvalue weighted by Gasteiger charge is -2.18. The van der Waals surface area contributed by atoms with Crippen LogP contribution in [0.2, 0.25) is 0 Å².